The van der Waals surface area contributed by atoms with Crippen LogP contribution in [-0.4, -0.2) is 17.1 Å². The fourth-order valence-corrected chi connectivity index (χ4v) is 2.97. The van der Waals surface area contributed by atoms with E-state index in [-0.39, 0.29) is 0 Å². The van der Waals surface area contributed by atoms with Crippen molar-refractivity contribution in [3.05, 3.63) is 39.7 Å². The van der Waals surface area contributed by atoms with Gasteiger partial charge in [0.15, 0.2) is 5.82 Å². The molecule has 3 nitrogen and oxygen atoms in total. The second-order valence-electron chi connectivity index (χ2n) is 4.19. The molecule has 0 saturated heterocycles. The van der Waals surface area contributed by atoms with Crippen LogP contribution in [0.1, 0.15) is 5.56 Å². The van der Waals surface area contributed by atoms with Gasteiger partial charge in [-0.2, -0.15) is 11.3 Å². The molecule has 3 aromatic rings. The van der Waals surface area contributed by atoms with Gasteiger partial charge >= 0.3 is 0 Å². The first kappa shape index (κ1) is 12.4. The third kappa shape index (κ3) is 2.17. The molecule has 0 saturated carbocycles. The standard InChI is InChI=1S/C14H11ClN2OS/c1-8-6-19-7-11(8)14-16-12-5-9(18-2)3-4-10(12)13(15)17-14/h3-7H,1-2H3. The van der Waals surface area contributed by atoms with Crippen LogP contribution in [0.3, 0.4) is 0 Å². The Morgan fingerprint density at radius 1 is 1.21 bits per heavy atom. The number of benzene rings is 1. The van der Waals surface area contributed by atoms with Gasteiger partial charge in [0.05, 0.1) is 12.6 Å². The molecule has 0 aliphatic heterocycles. The Balaban J connectivity index is 2.25. The summed E-state index contributed by atoms with van der Waals surface area (Å²) in [7, 11) is 1.63. The first-order valence-electron chi connectivity index (χ1n) is 5.73. The van der Waals surface area contributed by atoms with Crippen molar-refractivity contribution in [2.45, 2.75) is 6.92 Å². The van der Waals surface area contributed by atoms with Gasteiger partial charge in [-0.25, -0.2) is 9.97 Å². The summed E-state index contributed by atoms with van der Waals surface area (Å²) < 4.78 is 5.22. The largest absolute Gasteiger partial charge is 0.497 e. The SMILES string of the molecule is COc1ccc2c(Cl)nc(-c3cscc3C)nc2c1. The van der Waals surface area contributed by atoms with Crippen LogP contribution >= 0.6 is 22.9 Å². The van der Waals surface area contributed by atoms with Crippen LogP contribution in [0.25, 0.3) is 22.3 Å². The van der Waals surface area contributed by atoms with Gasteiger partial charge in [-0.05, 0) is 30.0 Å². The summed E-state index contributed by atoms with van der Waals surface area (Å²) in [5.41, 5.74) is 2.97. The number of thiophene rings is 1. The maximum atomic E-state index is 6.24. The molecule has 0 radical (unpaired) electrons. The van der Waals surface area contributed by atoms with Crippen LogP contribution in [-0.2, 0) is 0 Å². The molecule has 19 heavy (non-hydrogen) atoms. The van der Waals surface area contributed by atoms with Gasteiger partial charge in [-0.3, -0.25) is 0 Å². The minimum Gasteiger partial charge on any atom is -0.497 e. The van der Waals surface area contributed by atoms with E-state index in [9.17, 15) is 0 Å². The fraction of sp³-hybridized carbons (Fsp3) is 0.143. The predicted molar refractivity (Wildman–Crippen MR) is 79.2 cm³/mol. The maximum absolute atomic E-state index is 6.24. The van der Waals surface area contributed by atoms with Gasteiger partial charge in [0.1, 0.15) is 10.9 Å². The third-order valence-corrected chi connectivity index (χ3v) is 4.10. The van der Waals surface area contributed by atoms with E-state index in [1.54, 1.807) is 18.4 Å². The number of aromatic nitrogens is 2. The molecule has 0 amide bonds. The van der Waals surface area contributed by atoms with Crippen molar-refractivity contribution in [1.29, 1.82) is 0 Å². The number of hydrogen-bond donors (Lipinski definition) is 0. The maximum Gasteiger partial charge on any atom is 0.162 e. The summed E-state index contributed by atoms with van der Waals surface area (Å²) in [6.07, 6.45) is 0. The smallest absolute Gasteiger partial charge is 0.162 e. The topological polar surface area (TPSA) is 35.0 Å². The molecule has 96 valence electrons. The van der Waals surface area contributed by atoms with Gasteiger partial charge in [0.2, 0.25) is 0 Å². The van der Waals surface area contributed by atoms with Gasteiger partial charge in [-0.15, -0.1) is 0 Å². The molecule has 2 heterocycles. The highest BCUT2D eigenvalue weighted by atomic mass is 35.5. The second kappa shape index (κ2) is 4.79. The van der Waals surface area contributed by atoms with Gasteiger partial charge < -0.3 is 4.74 Å². The summed E-state index contributed by atoms with van der Waals surface area (Å²) in [6, 6.07) is 5.60. The molecule has 0 aliphatic rings. The fourth-order valence-electron chi connectivity index (χ4n) is 1.91. The van der Waals surface area contributed by atoms with E-state index >= 15 is 0 Å². The number of nitrogens with zero attached hydrogens (tertiary/aromatic N) is 2. The Labute approximate surface area is 119 Å². The Hall–Kier alpha value is -1.65. The third-order valence-electron chi connectivity index (χ3n) is 2.95. The van der Waals surface area contributed by atoms with Crippen molar-refractivity contribution in [3.8, 4) is 17.1 Å². The Bertz CT molecular complexity index is 754. The summed E-state index contributed by atoms with van der Waals surface area (Å²) in [5, 5.41) is 5.40. The number of rotatable bonds is 2. The summed E-state index contributed by atoms with van der Waals surface area (Å²) in [6.45, 7) is 2.04. The number of halogens is 1. The average Bonchev–Trinajstić information content (AvgIpc) is 2.84. The normalized spacial score (nSPS) is 10.9. The first-order valence-corrected chi connectivity index (χ1v) is 7.05. The molecular formula is C14H11ClN2OS. The zero-order chi connectivity index (χ0) is 13.4. The van der Waals surface area contributed by atoms with E-state index in [0.717, 1.165) is 27.8 Å². The molecule has 0 N–H and O–H groups in total. The van der Waals surface area contributed by atoms with E-state index in [2.05, 4.69) is 15.3 Å². The van der Waals surface area contributed by atoms with Crippen molar-refractivity contribution < 1.29 is 4.74 Å². The summed E-state index contributed by atoms with van der Waals surface area (Å²) in [4.78, 5) is 8.96. The highest BCUT2D eigenvalue weighted by Crippen LogP contribution is 2.30. The highest BCUT2D eigenvalue weighted by Gasteiger charge is 2.11. The lowest BCUT2D eigenvalue weighted by molar-refractivity contribution is 0.415. The van der Waals surface area contributed by atoms with E-state index in [0.29, 0.717) is 11.0 Å². The summed E-state index contributed by atoms with van der Waals surface area (Å²) in [5.74, 6) is 1.42. The Morgan fingerprint density at radius 3 is 2.74 bits per heavy atom. The van der Waals surface area contributed by atoms with E-state index in [4.69, 9.17) is 16.3 Å². The minimum atomic E-state index is 0.466. The molecule has 1 aromatic carbocycles. The second-order valence-corrected chi connectivity index (χ2v) is 5.29. The number of fused-ring (bicyclic) bond motifs is 1. The van der Waals surface area contributed by atoms with Crippen molar-refractivity contribution in [2.75, 3.05) is 7.11 Å². The van der Waals surface area contributed by atoms with Gasteiger partial charge in [0, 0.05) is 22.4 Å². The van der Waals surface area contributed by atoms with Crippen LogP contribution in [0.5, 0.6) is 5.75 Å². The lowest BCUT2D eigenvalue weighted by Crippen LogP contribution is -1.93. The molecule has 0 aliphatic carbocycles. The van der Waals surface area contributed by atoms with Crippen molar-refractivity contribution >= 4 is 33.8 Å². The van der Waals surface area contributed by atoms with E-state index in [1.165, 1.54) is 0 Å². The zero-order valence-corrected chi connectivity index (χ0v) is 12.0. The monoisotopic (exact) mass is 290 g/mol. The first-order chi connectivity index (χ1) is 9.19. The number of ether oxygens (including phenoxy) is 1. The molecule has 2 aromatic heterocycles. The molecule has 0 atom stereocenters. The van der Waals surface area contributed by atoms with E-state index < -0.39 is 0 Å². The van der Waals surface area contributed by atoms with Crippen LogP contribution in [0.15, 0.2) is 29.0 Å². The lowest BCUT2D eigenvalue weighted by atomic mass is 10.2. The molecule has 0 unspecified atom stereocenters. The van der Waals surface area contributed by atoms with Crippen molar-refractivity contribution in [3.63, 3.8) is 0 Å². The van der Waals surface area contributed by atoms with Crippen LogP contribution < -0.4 is 4.74 Å². The lowest BCUT2D eigenvalue weighted by Gasteiger charge is -2.06. The highest BCUT2D eigenvalue weighted by molar-refractivity contribution is 7.08. The number of aryl methyl sites for hydroxylation is 1. The van der Waals surface area contributed by atoms with Crippen LogP contribution in [0.2, 0.25) is 5.15 Å². The van der Waals surface area contributed by atoms with Crippen LogP contribution in [0, 0.1) is 6.92 Å². The molecule has 3 rings (SSSR count). The Kier molecular flexibility index (Phi) is 3.12. The van der Waals surface area contributed by atoms with Gasteiger partial charge in [-0.1, -0.05) is 11.6 Å². The Morgan fingerprint density at radius 2 is 2.05 bits per heavy atom. The molecular weight excluding hydrogens is 280 g/mol. The molecule has 0 fully saturated rings. The summed E-state index contributed by atoms with van der Waals surface area (Å²) >= 11 is 7.87. The predicted octanol–water partition coefficient (Wildman–Crippen LogP) is 4.33. The van der Waals surface area contributed by atoms with Crippen molar-refractivity contribution in [2.24, 2.45) is 0 Å². The van der Waals surface area contributed by atoms with Gasteiger partial charge in [0.25, 0.3) is 0 Å². The molecule has 0 bridgehead atoms. The molecule has 0 spiro atoms. The average molecular weight is 291 g/mol. The van der Waals surface area contributed by atoms with Crippen molar-refractivity contribution in [1.82, 2.24) is 9.97 Å². The quantitative estimate of drug-likeness (QED) is 0.659. The number of hydrogen-bond acceptors (Lipinski definition) is 4. The van der Waals surface area contributed by atoms with E-state index in [1.807, 2.05) is 30.5 Å². The van der Waals surface area contributed by atoms with Crippen LogP contribution in [0.4, 0.5) is 0 Å². The number of methoxy groups -OCH3 is 1. The molecule has 5 heteroatoms. The minimum absolute atomic E-state index is 0.466. The zero-order valence-electron chi connectivity index (χ0n) is 10.5.